The monoisotopic (exact) mass is 295 g/mol. The van der Waals surface area contributed by atoms with E-state index in [4.69, 9.17) is 16.3 Å². The van der Waals surface area contributed by atoms with Crippen molar-refractivity contribution in [3.63, 3.8) is 0 Å². The summed E-state index contributed by atoms with van der Waals surface area (Å²) in [7, 11) is 1.53. The summed E-state index contributed by atoms with van der Waals surface area (Å²) in [6.45, 7) is 1.95. The van der Waals surface area contributed by atoms with Crippen LogP contribution in [0.1, 0.15) is 28.2 Å². The lowest BCUT2D eigenvalue weighted by Crippen LogP contribution is -2.26. The largest absolute Gasteiger partial charge is 0.496 e. The van der Waals surface area contributed by atoms with Gasteiger partial charge in [0.25, 0.3) is 5.91 Å². The smallest absolute Gasteiger partial charge is 0.255 e. The number of hydrogen-bond acceptors (Lipinski definition) is 3. The predicted octanol–water partition coefficient (Wildman–Crippen LogP) is 3.90. The van der Waals surface area contributed by atoms with E-state index in [-0.39, 0.29) is 11.9 Å². The zero-order chi connectivity index (χ0) is 13.8. The molecule has 0 bridgehead atoms. The van der Waals surface area contributed by atoms with Crippen molar-refractivity contribution < 1.29 is 9.53 Å². The average molecular weight is 296 g/mol. The zero-order valence-electron chi connectivity index (χ0n) is 10.6. The van der Waals surface area contributed by atoms with E-state index in [2.05, 4.69) is 5.32 Å². The zero-order valence-corrected chi connectivity index (χ0v) is 12.2. The Morgan fingerprint density at radius 3 is 2.84 bits per heavy atom. The summed E-state index contributed by atoms with van der Waals surface area (Å²) in [4.78, 5) is 13.3. The summed E-state index contributed by atoms with van der Waals surface area (Å²) in [5.74, 6) is 0.320. The molecule has 1 amide bonds. The molecule has 0 radical (unpaired) electrons. The number of thiophene rings is 1. The molecule has 0 saturated heterocycles. The number of halogens is 1. The second-order valence-corrected chi connectivity index (χ2v) is 5.47. The molecule has 2 rings (SSSR count). The molecule has 0 unspecified atom stereocenters. The second-order valence-electron chi connectivity index (χ2n) is 4.06. The van der Waals surface area contributed by atoms with Gasteiger partial charge in [-0.25, -0.2) is 0 Å². The molecule has 0 saturated carbocycles. The highest BCUT2D eigenvalue weighted by Crippen LogP contribution is 2.24. The standard InChI is InChI=1S/C14H14ClNO2S/c1-9(13-4-3-7-19-13)16-14(17)11-8-10(15)5-6-12(11)18-2/h3-9H,1-2H3,(H,16,17)/t9-/m1/s1. The Balaban J connectivity index is 2.18. The van der Waals surface area contributed by atoms with Crippen LogP contribution < -0.4 is 10.1 Å². The minimum Gasteiger partial charge on any atom is -0.496 e. The van der Waals surface area contributed by atoms with Crippen molar-refractivity contribution in [3.8, 4) is 5.75 Å². The molecule has 3 nitrogen and oxygen atoms in total. The van der Waals surface area contributed by atoms with Crippen molar-refractivity contribution in [2.75, 3.05) is 7.11 Å². The van der Waals surface area contributed by atoms with Gasteiger partial charge in [-0.3, -0.25) is 4.79 Å². The van der Waals surface area contributed by atoms with Gasteiger partial charge in [0.15, 0.2) is 0 Å². The molecule has 5 heteroatoms. The summed E-state index contributed by atoms with van der Waals surface area (Å²) in [6.07, 6.45) is 0. The number of carbonyl (C=O) groups excluding carboxylic acids is 1. The number of nitrogens with one attached hydrogen (secondary N) is 1. The van der Waals surface area contributed by atoms with Gasteiger partial charge in [-0.2, -0.15) is 0 Å². The first-order valence-corrected chi connectivity index (χ1v) is 7.05. The Kier molecular flexibility index (Phi) is 4.45. The van der Waals surface area contributed by atoms with E-state index in [0.717, 1.165) is 4.88 Å². The molecule has 1 aromatic heterocycles. The van der Waals surface area contributed by atoms with Crippen molar-refractivity contribution in [1.29, 1.82) is 0 Å². The Morgan fingerprint density at radius 1 is 1.42 bits per heavy atom. The summed E-state index contributed by atoms with van der Waals surface area (Å²) in [5.41, 5.74) is 0.443. The minimum atomic E-state index is -0.194. The predicted molar refractivity (Wildman–Crippen MR) is 78.2 cm³/mol. The normalized spacial score (nSPS) is 11.9. The number of hydrogen-bond donors (Lipinski definition) is 1. The Morgan fingerprint density at radius 2 is 2.21 bits per heavy atom. The maximum Gasteiger partial charge on any atom is 0.255 e. The van der Waals surface area contributed by atoms with Gasteiger partial charge in [-0.1, -0.05) is 17.7 Å². The molecule has 1 N–H and O–H groups in total. The Hall–Kier alpha value is -1.52. The van der Waals surface area contributed by atoms with E-state index in [1.807, 2.05) is 24.4 Å². The first-order chi connectivity index (χ1) is 9.11. The SMILES string of the molecule is COc1ccc(Cl)cc1C(=O)N[C@H](C)c1cccs1. The van der Waals surface area contributed by atoms with Crippen LogP contribution in [0.3, 0.4) is 0 Å². The molecular formula is C14H14ClNO2S. The molecule has 1 atom stereocenters. The quantitative estimate of drug-likeness (QED) is 0.929. The molecule has 0 fully saturated rings. The molecule has 0 spiro atoms. The van der Waals surface area contributed by atoms with Gasteiger partial charge in [0.1, 0.15) is 5.75 Å². The van der Waals surface area contributed by atoms with Crippen molar-refractivity contribution in [2.45, 2.75) is 13.0 Å². The Bertz CT molecular complexity index is 569. The Labute approximate surface area is 121 Å². The number of benzene rings is 1. The van der Waals surface area contributed by atoms with E-state index >= 15 is 0 Å². The van der Waals surface area contributed by atoms with E-state index in [9.17, 15) is 4.79 Å². The first kappa shape index (κ1) is 13.9. The summed E-state index contributed by atoms with van der Waals surface area (Å²) < 4.78 is 5.18. The van der Waals surface area contributed by atoms with Crippen LogP contribution in [0.25, 0.3) is 0 Å². The average Bonchev–Trinajstić information content (AvgIpc) is 2.92. The van der Waals surface area contributed by atoms with Gasteiger partial charge in [-0.05, 0) is 36.6 Å². The van der Waals surface area contributed by atoms with Crippen molar-refractivity contribution in [1.82, 2.24) is 5.32 Å². The molecule has 0 aliphatic rings. The van der Waals surface area contributed by atoms with Gasteiger partial charge in [0.05, 0.1) is 18.7 Å². The van der Waals surface area contributed by atoms with Crippen molar-refractivity contribution in [2.24, 2.45) is 0 Å². The molecule has 100 valence electrons. The van der Waals surface area contributed by atoms with Crippen LogP contribution in [0.15, 0.2) is 35.7 Å². The third-order valence-corrected chi connectivity index (χ3v) is 4.01. The fourth-order valence-electron chi connectivity index (χ4n) is 1.74. The molecule has 0 aliphatic carbocycles. The van der Waals surface area contributed by atoms with E-state index in [1.165, 1.54) is 7.11 Å². The van der Waals surface area contributed by atoms with E-state index < -0.39 is 0 Å². The fraction of sp³-hybridized carbons (Fsp3) is 0.214. The fourth-order valence-corrected chi connectivity index (χ4v) is 2.65. The number of amides is 1. The van der Waals surface area contributed by atoms with Gasteiger partial charge in [0, 0.05) is 9.90 Å². The van der Waals surface area contributed by atoms with Crippen molar-refractivity contribution >= 4 is 28.8 Å². The lowest BCUT2D eigenvalue weighted by molar-refractivity contribution is 0.0937. The van der Waals surface area contributed by atoms with Crippen LogP contribution in [-0.2, 0) is 0 Å². The molecule has 1 aromatic carbocycles. The number of ether oxygens (including phenoxy) is 1. The molecule has 1 heterocycles. The van der Waals surface area contributed by atoms with E-state index in [0.29, 0.717) is 16.3 Å². The molecule has 2 aromatic rings. The minimum absolute atomic E-state index is 0.0452. The molecular weight excluding hydrogens is 282 g/mol. The maximum atomic E-state index is 12.2. The highest BCUT2D eigenvalue weighted by Gasteiger charge is 2.16. The second kappa shape index (κ2) is 6.08. The third-order valence-electron chi connectivity index (χ3n) is 2.72. The van der Waals surface area contributed by atoms with Crippen LogP contribution in [-0.4, -0.2) is 13.0 Å². The third kappa shape index (κ3) is 3.28. The van der Waals surface area contributed by atoms with Crippen LogP contribution in [0.4, 0.5) is 0 Å². The summed E-state index contributed by atoms with van der Waals surface area (Å²) in [6, 6.07) is 8.90. The lowest BCUT2D eigenvalue weighted by atomic mass is 10.1. The summed E-state index contributed by atoms with van der Waals surface area (Å²) >= 11 is 7.53. The van der Waals surface area contributed by atoms with Crippen LogP contribution in [0, 0.1) is 0 Å². The van der Waals surface area contributed by atoms with Gasteiger partial charge in [0.2, 0.25) is 0 Å². The van der Waals surface area contributed by atoms with Crippen LogP contribution >= 0.6 is 22.9 Å². The maximum absolute atomic E-state index is 12.2. The number of carbonyl (C=O) groups is 1. The van der Waals surface area contributed by atoms with Crippen LogP contribution in [0.2, 0.25) is 5.02 Å². The van der Waals surface area contributed by atoms with Crippen molar-refractivity contribution in [3.05, 3.63) is 51.2 Å². The number of methoxy groups -OCH3 is 1. The molecule has 0 aliphatic heterocycles. The van der Waals surface area contributed by atoms with Crippen LogP contribution in [0.5, 0.6) is 5.75 Å². The van der Waals surface area contributed by atoms with Gasteiger partial charge >= 0.3 is 0 Å². The topological polar surface area (TPSA) is 38.3 Å². The van der Waals surface area contributed by atoms with Gasteiger partial charge in [-0.15, -0.1) is 11.3 Å². The lowest BCUT2D eigenvalue weighted by Gasteiger charge is -2.14. The highest BCUT2D eigenvalue weighted by molar-refractivity contribution is 7.10. The summed E-state index contributed by atoms with van der Waals surface area (Å²) in [5, 5.41) is 5.43. The highest BCUT2D eigenvalue weighted by atomic mass is 35.5. The molecule has 19 heavy (non-hydrogen) atoms. The number of rotatable bonds is 4. The van der Waals surface area contributed by atoms with Gasteiger partial charge < -0.3 is 10.1 Å². The van der Waals surface area contributed by atoms with E-state index in [1.54, 1.807) is 29.5 Å². The first-order valence-electron chi connectivity index (χ1n) is 5.79.